The highest BCUT2D eigenvalue weighted by atomic mass is 35.5. The van der Waals surface area contributed by atoms with Gasteiger partial charge in [0.2, 0.25) is 0 Å². The molecule has 1 fully saturated rings. The second-order valence-electron chi connectivity index (χ2n) is 5.46. The Morgan fingerprint density at radius 2 is 1.88 bits per heavy atom. The molecule has 0 aliphatic heterocycles. The van der Waals surface area contributed by atoms with Gasteiger partial charge in [0, 0.05) is 5.38 Å². The molecular weight excluding hydrogens is 228 g/mol. The van der Waals surface area contributed by atoms with E-state index in [1.165, 1.54) is 22.8 Å². The average molecular weight is 245 g/mol. The predicted octanol–water partition coefficient (Wildman–Crippen LogP) is 4.89. The zero-order chi connectivity index (χ0) is 11.9. The Labute approximate surface area is 108 Å². The van der Waals surface area contributed by atoms with Crippen molar-refractivity contribution in [2.75, 3.05) is 0 Å². The van der Waals surface area contributed by atoms with E-state index in [0.717, 1.165) is 12.8 Å². The third kappa shape index (κ3) is 1.95. The molecule has 0 spiro atoms. The summed E-state index contributed by atoms with van der Waals surface area (Å²) in [6, 6.07) is 15.4. The molecule has 1 heteroatoms. The number of alkyl halides is 1. The van der Waals surface area contributed by atoms with Crippen molar-refractivity contribution in [2.24, 2.45) is 0 Å². The first-order chi connectivity index (χ1) is 8.17. The van der Waals surface area contributed by atoms with Crippen LogP contribution < -0.4 is 0 Å². The van der Waals surface area contributed by atoms with Crippen molar-refractivity contribution in [3.8, 4) is 0 Å². The quantitative estimate of drug-likeness (QED) is 0.627. The third-order valence-corrected chi connectivity index (χ3v) is 4.50. The Morgan fingerprint density at radius 3 is 2.59 bits per heavy atom. The maximum absolute atomic E-state index is 6.26. The first-order valence-corrected chi connectivity index (χ1v) is 6.74. The molecule has 2 unspecified atom stereocenters. The fourth-order valence-corrected chi connectivity index (χ4v) is 3.44. The largest absolute Gasteiger partial charge is 0.123 e. The Morgan fingerprint density at radius 1 is 1.12 bits per heavy atom. The lowest BCUT2D eigenvalue weighted by Gasteiger charge is -2.24. The standard InChI is InChI=1S/C16H17Cl/c1-16(9-8-15(17)11-16)14-7-6-12-4-2-3-5-13(12)10-14/h2-7,10,15H,8-9,11H2,1H3. The molecule has 2 aromatic rings. The highest BCUT2D eigenvalue weighted by Crippen LogP contribution is 2.43. The average Bonchev–Trinajstić information content (AvgIpc) is 2.70. The van der Waals surface area contributed by atoms with Gasteiger partial charge in [-0.15, -0.1) is 11.6 Å². The van der Waals surface area contributed by atoms with Gasteiger partial charge >= 0.3 is 0 Å². The smallest absolute Gasteiger partial charge is 0.0344 e. The molecule has 88 valence electrons. The molecule has 1 aliphatic rings. The van der Waals surface area contributed by atoms with Gasteiger partial charge in [0.15, 0.2) is 0 Å². The second kappa shape index (κ2) is 4.03. The van der Waals surface area contributed by atoms with Gasteiger partial charge in [-0.05, 0) is 41.0 Å². The summed E-state index contributed by atoms with van der Waals surface area (Å²) in [7, 11) is 0. The fraction of sp³-hybridized carbons (Fsp3) is 0.375. The van der Waals surface area contributed by atoms with Gasteiger partial charge in [-0.2, -0.15) is 0 Å². The van der Waals surface area contributed by atoms with Crippen LogP contribution in [0, 0.1) is 0 Å². The summed E-state index contributed by atoms with van der Waals surface area (Å²) in [4.78, 5) is 0. The van der Waals surface area contributed by atoms with E-state index in [4.69, 9.17) is 11.6 Å². The van der Waals surface area contributed by atoms with E-state index in [1.54, 1.807) is 0 Å². The van der Waals surface area contributed by atoms with E-state index in [0.29, 0.717) is 5.38 Å². The molecule has 0 saturated heterocycles. The number of fused-ring (bicyclic) bond motifs is 1. The van der Waals surface area contributed by atoms with Crippen molar-refractivity contribution in [1.29, 1.82) is 0 Å². The summed E-state index contributed by atoms with van der Waals surface area (Å²) in [5, 5.41) is 3.01. The summed E-state index contributed by atoms with van der Waals surface area (Å²) in [5.74, 6) is 0. The normalized spacial score (nSPS) is 28.7. The molecule has 0 N–H and O–H groups in total. The van der Waals surface area contributed by atoms with Gasteiger partial charge < -0.3 is 0 Å². The molecule has 0 radical (unpaired) electrons. The van der Waals surface area contributed by atoms with Crippen LogP contribution in [-0.4, -0.2) is 5.38 Å². The molecule has 2 atom stereocenters. The van der Waals surface area contributed by atoms with Crippen LogP contribution in [0.3, 0.4) is 0 Å². The summed E-state index contributed by atoms with van der Waals surface area (Å²) in [6.45, 7) is 2.35. The van der Waals surface area contributed by atoms with Gasteiger partial charge in [0.1, 0.15) is 0 Å². The first-order valence-electron chi connectivity index (χ1n) is 6.31. The molecule has 0 nitrogen and oxygen atoms in total. The predicted molar refractivity (Wildman–Crippen MR) is 74.8 cm³/mol. The maximum atomic E-state index is 6.26. The summed E-state index contributed by atoms with van der Waals surface area (Å²) in [5.41, 5.74) is 1.72. The van der Waals surface area contributed by atoms with E-state index in [-0.39, 0.29) is 5.41 Å². The van der Waals surface area contributed by atoms with Crippen LogP contribution in [0.5, 0.6) is 0 Å². The molecule has 3 rings (SSSR count). The van der Waals surface area contributed by atoms with Crippen molar-refractivity contribution in [2.45, 2.75) is 37.0 Å². The molecule has 17 heavy (non-hydrogen) atoms. The minimum atomic E-state index is 0.274. The number of hydrogen-bond donors (Lipinski definition) is 0. The lowest BCUT2D eigenvalue weighted by atomic mass is 9.80. The fourth-order valence-electron chi connectivity index (χ4n) is 3.00. The Balaban J connectivity index is 2.06. The Hall–Kier alpha value is -1.01. The molecule has 1 aliphatic carbocycles. The molecule has 1 saturated carbocycles. The number of rotatable bonds is 1. The van der Waals surface area contributed by atoms with Gasteiger partial charge in [0.25, 0.3) is 0 Å². The van der Waals surface area contributed by atoms with Gasteiger partial charge in [-0.25, -0.2) is 0 Å². The number of hydrogen-bond acceptors (Lipinski definition) is 0. The van der Waals surface area contributed by atoms with E-state index >= 15 is 0 Å². The third-order valence-electron chi connectivity index (χ3n) is 4.13. The Bertz CT molecular complexity index is 546. The van der Waals surface area contributed by atoms with Crippen LogP contribution in [0.25, 0.3) is 10.8 Å². The van der Waals surface area contributed by atoms with Crippen LogP contribution in [0.2, 0.25) is 0 Å². The van der Waals surface area contributed by atoms with Gasteiger partial charge in [-0.3, -0.25) is 0 Å². The van der Waals surface area contributed by atoms with Crippen molar-refractivity contribution in [1.82, 2.24) is 0 Å². The highest BCUT2D eigenvalue weighted by Gasteiger charge is 2.35. The monoisotopic (exact) mass is 244 g/mol. The first kappa shape index (κ1) is 11.1. The topological polar surface area (TPSA) is 0 Å². The molecule has 2 aromatic carbocycles. The van der Waals surface area contributed by atoms with Crippen LogP contribution >= 0.6 is 11.6 Å². The van der Waals surface area contributed by atoms with Crippen LogP contribution in [-0.2, 0) is 5.41 Å². The zero-order valence-electron chi connectivity index (χ0n) is 10.1. The number of halogens is 1. The molecule has 0 bridgehead atoms. The second-order valence-corrected chi connectivity index (χ2v) is 6.08. The van der Waals surface area contributed by atoms with E-state index in [9.17, 15) is 0 Å². The van der Waals surface area contributed by atoms with Crippen LogP contribution in [0.1, 0.15) is 31.7 Å². The summed E-state index contributed by atoms with van der Waals surface area (Å²) in [6.07, 6.45) is 3.46. The molecular formula is C16H17Cl. The van der Waals surface area contributed by atoms with Crippen LogP contribution in [0.4, 0.5) is 0 Å². The zero-order valence-corrected chi connectivity index (χ0v) is 10.9. The van der Waals surface area contributed by atoms with E-state index < -0.39 is 0 Å². The van der Waals surface area contributed by atoms with Crippen molar-refractivity contribution in [3.63, 3.8) is 0 Å². The Kier molecular flexibility index (Phi) is 2.63. The number of benzene rings is 2. The van der Waals surface area contributed by atoms with E-state index in [1.807, 2.05) is 0 Å². The lowest BCUT2D eigenvalue weighted by Crippen LogP contribution is -2.17. The minimum Gasteiger partial charge on any atom is -0.123 e. The van der Waals surface area contributed by atoms with Crippen molar-refractivity contribution < 1.29 is 0 Å². The van der Waals surface area contributed by atoms with Gasteiger partial charge in [0.05, 0.1) is 0 Å². The lowest BCUT2D eigenvalue weighted by molar-refractivity contribution is 0.493. The summed E-state index contributed by atoms with van der Waals surface area (Å²) < 4.78 is 0. The molecule has 0 amide bonds. The van der Waals surface area contributed by atoms with Gasteiger partial charge in [-0.1, -0.05) is 49.4 Å². The van der Waals surface area contributed by atoms with Crippen molar-refractivity contribution >= 4 is 22.4 Å². The molecule has 0 aromatic heterocycles. The minimum absolute atomic E-state index is 0.274. The summed E-state index contributed by atoms with van der Waals surface area (Å²) >= 11 is 6.26. The highest BCUT2D eigenvalue weighted by molar-refractivity contribution is 6.20. The molecule has 0 heterocycles. The van der Waals surface area contributed by atoms with Crippen molar-refractivity contribution in [3.05, 3.63) is 48.0 Å². The SMILES string of the molecule is CC1(c2ccc3ccccc3c2)CCC(Cl)C1. The maximum Gasteiger partial charge on any atom is 0.0344 e. The van der Waals surface area contributed by atoms with Crippen LogP contribution in [0.15, 0.2) is 42.5 Å². The van der Waals surface area contributed by atoms with E-state index in [2.05, 4.69) is 49.4 Å².